The molecule has 0 atom stereocenters. The quantitative estimate of drug-likeness (QED) is 0.565. The molecule has 1 aliphatic rings. The summed E-state index contributed by atoms with van der Waals surface area (Å²) in [5.74, 6) is 2.70. The molecule has 2 aromatic heterocycles. The van der Waals surface area contributed by atoms with E-state index in [0.29, 0.717) is 6.04 Å². The molecule has 0 bridgehead atoms. The molecular formula is C20H22N4OS. The molecule has 1 saturated carbocycles. The Morgan fingerprint density at radius 1 is 1.15 bits per heavy atom. The molecule has 0 radical (unpaired) electrons. The lowest BCUT2D eigenvalue weighted by molar-refractivity contribution is 0.242. The lowest BCUT2D eigenvalue weighted by atomic mass is 10.2. The van der Waals surface area contributed by atoms with Gasteiger partial charge in [0, 0.05) is 29.8 Å². The van der Waals surface area contributed by atoms with Gasteiger partial charge in [-0.3, -0.25) is 9.55 Å². The van der Waals surface area contributed by atoms with Gasteiger partial charge in [-0.15, -0.1) is 10.2 Å². The number of nitrogens with zero attached hydrogens (tertiary/aromatic N) is 4. The highest BCUT2D eigenvalue weighted by Crippen LogP contribution is 2.41. The van der Waals surface area contributed by atoms with E-state index in [9.17, 15) is 0 Å². The van der Waals surface area contributed by atoms with E-state index < -0.39 is 0 Å². The molecule has 0 aliphatic heterocycles. The molecule has 0 unspecified atom stereocenters. The molecule has 0 N–H and O–H groups in total. The van der Waals surface area contributed by atoms with E-state index in [2.05, 4.69) is 31.9 Å². The number of hydrogen-bond acceptors (Lipinski definition) is 5. The van der Waals surface area contributed by atoms with E-state index in [1.54, 1.807) is 24.2 Å². The van der Waals surface area contributed by atoms with Crippen LogP contribution >= 0.6 is 11.8 Å². The predicted molar refractivity (Wildman–Crippen MR) is 103 cm³/mol. The van der Waals surface area contributed by atoms with Gasteiger partial charge in [-0.05, 0) is 56.5 Å². The lowest BCUT2D eigenvalue weighted by Crippen LogP contribution is -2.05. The number of aromatic nitrogens is 4. The first kappa shape index (κ1) is 17.1. The summed E-state index contributed by atoms with van der Waals surface area (Å²) >= 11 is 1.73. The zero-order valence-electron chi connectivity index (χ0n) is 15.0. The first-order chi connectivity index (χ1) is 12.7. The van der Waals surface area contributed by atoms with E-state index >= 15 is 0 Å². The van der Waals surface area contributed by atoms with Crippen molar-refractivity contribution in [1.29, 1.82) is 0 Å². The average molecular weight is 366 g/mol. The second-order valence-electron chi connectivity index (χ2n) is 6.75. The number of rotatable bonds is 7. The van der Waals surface area contributed by atoms with Gasteiger partial charge in [-0.1, -0.05) is 23.9 Å². The Kier molecular flexibility index (Phi) is 4.93. The van der Waals surface area contributed by atoms with Gasteiger partial charge in [0.15, 0.2) is 11.0 Å². The van der Waals surface area contributed by atoms with Gasteiger partial charge in [0.25, 0.3) is 0 Å². The molecule has 0 amide bonds. The minimum Gasteiger partial charge on any atom is -0.491 e. The third-order valence-electron chi connectivity index (χ3n) is 4.15. The lowest BCUT2D eigenvalue weighted by Gasteiger charge is -2.11. The van der Waals surface area contributed by atoms with E-state index in [0.717, 1.165) is 28.0 Å². The largest absolute Gasteiger partial charge is 0.491 e. The van der Waals surface area contributed by atoms with Gasteiger partial charge >= 0.3 is 0 Å². The van der Waals surface area contributed by atoms with Crippen LogP contribution < -0.4 is 4.74 Å². The maximum Gasteiger partial charge on any atom is 0.192 e. The molecule has 0 spiro atoms. The van der Waals surface area contributed by atoms with Gasteiger partial charge in [-0.2, -0.15) is 0 Å². The van der Waals surface area contributed by atoms with Gasteiger partial charge in [-0.25, -0.2) is 0 Å². The predicted octanol–water partition coefficient (Wildman–Crippen LogP) is 4.75. The van der Waals surface area contributed by atoms with Gasteiger partial charge in [0.05, 0.1) is 6.10 Å². The Hall–Kier alpha value is -2.34. The first-order valence-corrected chi connectivity index (χ1v) is 9.93. The van der Waals surface area contributed by atoms with Crippen LogP contribution in [0, 0.1) is 0 Å². The fourth-order valence-electron chi connectivity index (χ4n) is 2.86. The third kappa shape index (κ3) is 3.90. The van der Waals surface area contributed by atoms with Crippen LogP contribution in [0.3, 0.4) is 0 Å². The van der Waals surface area contributed by atoms with Crippen LogP contribution in [0.15, 0.2) is 53.9 Å². The van der Waals surface area contributed by atoms with Crippen molar-refractivity contribution in [3.05, 3.63) is 54.4 Å². The van der Waals surface area contributed by atoms with Crippen molar-refractivity contribution < 1.29 is 4.74 Å². The second-order valence-corrected chi connectivity index (χ2v) is 7.69. The summed E-state index contributed by atoms with van der Waals surface area (Å²) in [6.07, 6.45) is 6.17. The zero-order chi connectivity index (χ0) is 17.9. The number of ether oxygens (including phenoxy) is 1. The normalized spacial score (nSPS) is 14.0. The monoisotopic (exact) mass is 366 g/mol. The highest BCUT2D eigenvalue weighted by molar-refractivity contribution is 7.98. The van der Waals surface area contributed by atoms with Gasteiger partial charge in [0.1, 0.15) is 5.75 Å². The van der Waals surface area contributed by atoms with Crippen LogP contribution in [-0.4, -0.2) is 25.9 Å². The molecule has 2 heterocycles. The van der Waals surface area contributed by atoms with Crippen molar-refractivity contribution in [2.75, 3.05) is 0 Å². The molecule has 3 aromatic rings. The van der Waals surface area contributed by atoms with Crippen molar-refractivity contribution in [2.45, 2.75) is 49.7 Å². The summed E-state index contributed by atoms with van der Waals surface area (Å²) in [7, 11) is 0. The van der Waals surface area contributed by atoms with Crippen molar-refractivity contribution in [1.82, 2.24) is 19.7 Å². The number of pyridine rings is 1. The summed E-state index contributed by atoms with van der Waals surface area (Å²) < 4.78 is 8.08. The maximum absolute atomic E-state index is 5.79. The van der Waals surface area contributed by atoms with Gasteiger partial charge in [0.2, 0.25) is 0 Å². The SMILES string of the molecule is CC(C)Oc1cccc(CSc2nnc(-c3ccncc3)n2C2CC2)c1. The summed E-state index contributed by atoms with van der Waals surface area (Å²) in [6.45, 7) is 4.08. The highest BCUT2D eigenvalue weighted by atomic mass is 32.2. The van der Waals surface area contributed by atoms with Crippen LogP contribution in [0.25, 0.3) is 11.4 Å². The van der Waals surface area contributed by atoms with E-state index in [-0.39, 0.29) is 6.10 Å². The Bertz CT molecular complexity index is 875. The maximum atomic E-state index is 5.79. The zero-order valence-corrected chi connectivity index (χ0v) is 15.8. The summed E-state index contributed by atoms with van der Waals surface area (Å²) in [5, 5.41) is 9.90. The van der Waals surface area contributed by atoms with E-state index in [4.69, 9.17) is 4.74 Å². The van der Waals surface area contributed by atoms with Gasteiger partial charge < -0.3 is 4.74 Å². The fraction of sp³-hybridized carbons (Fsp3) is 0.350. The smallest absolute Gasteiger partial charge is 0.192 e. The number of hydrogen-bond donors (Lipinski definition) is 0. The standard InChI is InChI=1S/C20H22N4OS/c1-14(2)25-18-5-3-4-15(12-18)13-26-20-23-22-19(24(20)17-6-7-17)16-8-10-21-11-9-16/h3-5,8-12,14,17H,6-7,13H2,1-2H3. The minimum absolute atomic E-state index is 0.179. The van der Waals surface area contributed by atoms with Crippen LogP contribution in [0.1, 0.15) is 38.3 Å². The summed E-state index contributed by atoms with van der Waals surface area (Å²) in [5.41, 5.74) is 2.29. The number of thioether (sulfide) groups is 1. The average Bonchev–Trinajstić information content (AvgIpc) is 3.39. The fourth-order valence-corrected chi connectivity index (χ4v) is 3.81. The van der Waals surface area contributed by atoms with Crippen LogP contribution in [0.2, 0.25) is 0 Å². The molecule has 1 aromatic carbocycles. The Morgan fingerprint density at radius 2 is 1.96 bits per heavy atom. The molecule has 26 heavy (non-hydrogen) atoms. The molecule has 0 saturated heterocycles. The molecule has 134 valence electrons. The highest BCUT2D eigenvalue weighted by Gasteiger charge is 2.30. The van der Waals surface area contributed by atoms with Crippen molar-refractivity contribution in [2.24, 2.45) is 0 Å². The van der Waals surface area contributed by atoms with Crippen LogP contribution in [0.4, 0.5) is 0 Å². The third-order valence-corrected chi connectivity index (χ3v) is 5.17. The van der Waals surface area contributed by atoms with Crippen molar-refractivity contribution >= 4 is 11.8 Å². The molecular weight excluding hydrogens is 344 g/mol. The van der Waals surface area contributed by atoms with E-state index in [1.165, 1.54) is 18.4 Å². The van der Waals surface area contributed by atoms with Crippen molar-refractivity contribution in [3.63, 3.8) is 0 Å². The Balaban J connectivity index is 1.53. The van der Waals surface area contributed by atoms with Crippen molar-refractivity contribution in [3.8, 4) is 17.1 Å². The topological polar surface area (TPSA) is 52.8 Å². The molecule has 6 heteroatoms. The minimum atomic E-state index is 0.179. The first-order valence-electron chi connectivity index (χ1n) is 8.94. The Morgan fingerprint density at radius 3 is 2.69 bits per heavy atom. The Labute approximate surface area is 157 Å². The summed E-state index contributed by atoms with van der Waals surface area (Å²) in [6, 6.07) is 12.8. The molecule has 4 rings (SSSR count). The van der Waals surface area contributed by atoms with Crippen LogP contribution in [-0.2, 0) is 5.75 Å². The summed E-state index contributed by atoms with van der Waals surface area (Å²) in [4.78, 5) is 4.10. The number of benzene rings is 1. The molecule has 5 nitrogen and oxygen atoms in total. The van der Waals surface area contributed by atoms with Crippen LogP contribution in [0.5, 0.6) is 5.75 Å². The van der Waals surface area contributed by atoms with E-state index in [1.807, 2.05) is 38.1 Å². The molecule has 1 aliphatic carbocycles. The second kappa shape index (κ2) is 7.50. The molecule has 1 fully saturated rings.